The Morgan fingerprint density at radius 1 is 1.03 bits per heavy atom. The SMILES string of the molecule is NC(N)=Nc1ccc(C[C@H](N)C(=O)N[C@@H](CCC2CCCCC2)C(=O)NCC2CCOC2)cc1. The molecule has 9 heteroatoms. The first kappa shape index (κ1) is 26.0. The number of guanidine groups is 1. The average Bonchev–Trinajstić information content (AvgIpc) is 3.35. The standard InChI is InChI=1S/C25H40N6O3/c26-21(14-18-6-9-20(10-7-18)30-25(27)28)23(32)31-22(11-8-17-4-2-1-3-5-17)24(33)29-15-19-12-13-34-16-19/h6-7,9-10,17,19,21-22H,1-5,8,11-16,26H2,(H,29,33)(H,31,32)(H4,27,28,30)/t19?,21-,22-/m0/s1. The van der Waals surface area contributed by atoms with E-state index in [0.717, 1.165) is 25.0 Å². The van der Waals surface area contributed by atoms with Crippen molar-refractivity contribution in [3.05, 3.63) is 29.8 Å². The summed E-state index contributed by atoms with van der Waals surface area (Å²) in [7, 11) is 0. The third-order valence-corrected chi connectivity index (χ3v) is 6.80. The zero-order chi connectivity index (χ0) is 24.3. The van der Waals surface area contributed by atoms with E-state index in [-0.39, 0.29) is 17.8 Å². The molecule has 0 bridgehead atoms. The number of aliphatic imine (C=N–C) groups is 1. The van der Waals surface area contributed by atoms with E-state index >= 15 is 0 Å². The molecule has 1 unspecified atom stereocenters. The van der Waals surface area contributed by atoms with Gasteiger partial charge in [0.2, 0.25) is 11.8 Å². The summed E-state index contributed by atoms with van der Waals surface area (Å²) >= 11 is 0. The van der Waals surface area contributed by atoms with Crippen LogP contribution in [0.2, 0.25) is 0 Å². The van der Waals surface area contributed by atoms with Crippen molar-refractivity contribution in [2.75, 3.05) is 19.8 Å². The first-order valence-electron chi connectivity index (χ1n) is 12.5. The Morgan fingerprint density at radius 2 is 1.76 bits per heavy atom. The summed E-state index contributed by atoms with van der Waals surface area (Å²) in [6, 6.07) is 5.88. The van der Waals surface area contributed by atoms with Crippen LogP contribution in [-0.2, 0) is 20.7 Å². The second-order valence-electron chi connectivity index (χ2n) is 9.63. The lowest BCUT2D eigenvalue weighted by atomic mass is 9.85. The number of nitrogens with zero attached hydrogens (tertiary/aromatic N) is 1. The van der Waals surface area contributed by atoms with Crippen molar-refractivity contribution in [2.45, 2.75) is 69.9 Å². The van der Waals surface area contributed by atoms with Gasteiger partial charge in [0.25, 0.3) is 0 Å². The van der Waals surface area contributed by atoms with Gasteiger partial charge in [-0.1, -0.05) is 44.2 Å². The number of rotatable bonds is 11. The van der Waals surface area contributed by atoms with Crippen molar-refractivity contribution in [3.8, 4) is 0 Å². The maximum Gasteiger partial charge on any atom is 0.242 e. The summed E-state index contributed by atoms with van der Waals surface area (Å²) in [5.74, 6) is 0.498. The first-order valence-corrected chi connectivity index (χ1v) is 12.5. The van der Waals surface area contributed by atoms with Crippen molar-refractivity contribution < 1.29 is 14.3 Å². The molecule has 1 saturated carbocycles. The van der Waals surface area contributed by atoms with Gasteiger partial charge in [-0.15, -0.1) is 0 Å². The highest BCUT2D eigenvalue weighted by Crippen LogP contribution is 2.27. The van der Waals surface area contributed by atoms with Crippen molar-refractivity contribution in [2.24, 2.45) is 34.0 Å². The smallest absolute Gasteiger partial charge is 0.242 e. The van der Waals surface area contributed by atoms with Crippen molar-refractivity contribution in [1.29, 1.82) is 0 Å². The molecule has 1 aliphatic heterocycles. The predicted molar refractivity (Wildman–Crippen MR) is 133 cm³/mol. The lowest BCUT2D eigenvalue weighted by molar-refractivity contribution is -0.130. The molecule has 9 nitrogen and oxygen atoms in total. The molecule has 2 aliphatic rings. The lowest BCUT2D eigenvalue weighted by Gasteiger charge is -2.25. The summed E-state index contributed by atoms with van der Waals surface area (Å²) in [6.45, 7) is 1.99. The van der Waals surface area contributed by atoms with E-state index in [0.29, 0.717) is 43.5 Å². The van der Waals surface area contributed by atoms with Crippen molar-refractivity contribution in [1.82, 2.24) is 10.6 Å². The fraction of sp³-hybridized carbons (Fsp3) is 0.640. The number of hydrogen-bond acceptors (Lipinski definition) is 5. The van der Waals surface area contributed by atoms with E-state index in [2.05, 4.69) is 15.6 Å². The van der Waals surface area contributed by atoms with E-state index in [1.165, 1.54) is 32.1 Å². The minimum absolute atomic E-state index is 0.0122. The zero-order valence-electron chi connectivity index (χ0n) is 20.0. The molecule has 1 aromatic carbocycles. The molecule has 3 rings (SSSR count). The van der Waals surface area contributed by atoms with Gasteiger partial charge in [-0.3, -0.25) is 9.59 Å². The Balaban J connectivity index is 1.55. The zero-order valence-corrected chi connectivity index (χ0v) is 20.0. The Hall–Kier alpha value is -2.65. The van der Waals surface area contributed by atoms with E-state index in [9.17, 15) is 9.59 Å². The molecule has 0 aromatic heterocycles. The van der Waals surface area contributed by atoms with Gasteiger partial charge in [-0.2, -0.15) is 0 Å². The van der Waals surface area contributed by atoms with Gasteiger partial charge in [0.1, 0.15) is 6.04 Å². The number of nitrogens with two attached hydrogens (primary N) is 3. The Bertz CT molecular complexity index is 812. The van der Waals surface area contributed by atoms with E-state index in [4.69, 9.17) is 21.9 Å². The molecule has 0 spiro atoms. The summed E-state index contributed by atoms with van der Waals surface area (Å²) in [4.78, 5) is 29.9. The normalized spacial score (nSPS) is 20.3. The van der Waals surface area contributed by atoms with Crippen LogP contribution in [0.4, 0.5) is 5.69 Å². The van der Waals surface area contributed by atoms with Gasteiger partial charge >= 0.3 is 0 Å². The minimum Gasteiger partial charge on any atom is -0.381 e. The van der Waals surface area contributed by atoms with Crippen LogP contribution in [-0.4, -0.2) is 49.6 Å². The molecule has 1 saturated heterocycles. The van der Waals surface area contributed by atoms with Crippen LogP contribution in [0.5, 0.6) is 0 Å². The Labute approximate surface area is 202 Å². The van der Waals surface area contributed by atoms with Gasteiger partial charge in [-0.25, -0.2) is 4.99 Å². The Morgan fingerprint density at radius 3 is 2.41 bits per heavy atom. The van der Waals surface area contributed by atoms with Crippen LogP contribution < -0.4 is 27.8 Å². The number of amides is 2. The number of carbonyl (C=O) groups is 2. The Kier molecular flexibility index (Phi) is 10.2. The molecule has 8 N–H and O–H groups in total. The van der Waals surface area contributed by atoms with Crippen LogP contribution in [0.1, 0.15) is 56.9 Å². The first-order chi connectivity index (χ1) is 16.4. The largest absolute Gasteiger partial charge is 0.381 e. The third kappa shape index (κ3) is 8.61. The molecular weight excluding hydrogens is 432 g/mol. The van der Waals surface area contributed by atoms with E-state index in [1.807, 2.05) is 12.1 Å². The molecule has 1 heterocycles. The second-order valence-corrected chi connectivity index (χ2v) is 9.63. The second kappa shape index (κ2) is 13.3. The molecule has 188 valence electrons. The summed E-state index contributed by atoms with van der Waals surface area (Å²) < 4.78 is 5.40. The van der Waals surface area contributed by atoms with Crippen LogP contribution in [0.15, 0.2) is 29.3 Å². The summed E-state index contributed by atoms with van der Waals surface area (Å²) in [5.41, 5.74) is 18.5. The number of nitrogens with one attached hydrogen (secondary N) is 2. The van der Waals surface area contributed by atoms with Crippen LogP contribution in [0.3, 0.4) is 0 Å². The summed E-state index contributed by atoms with van der Waals surface area (Å²) in [5, 5.41) is 5.95. The van der Waals surface area contributed by atoms with Crippen molar-refractivity contribution >= 4 is 23.5 Å². The molecule has 0 radical (unpaired) electrons. The predicted octanol–water partition coefficient (Wildman–Crippen LogP) is 1.46. The fourth-order valence-corrected chi connectivity index (χ4v) is 4.74. The molecule has 1 aliphatic carbocycles. The molecule has 2 amide bonds. The van der Waals surface area contributed by atoms with Gasteiger partial charge in [0.15, 0.2) is 5.96 Å². The fourth-order valence-electron chi connectivity index (χ4n) is 4.74. The third-order valence-electron chi connectivity index (χ3n) is 6.80. The monoisotopic (exact) mass is 472 g/mol. The van der Waals surface area contributed by atoms with E-state index in [1.54, 1.807) is 12.1 Å². The number of carbonyl (C=O) groups excluding carboxylic acids is 2. The number of ether oxygens (including phenoxy) is 1. The summed E-state index contributed by atoms with van der Waals surface area (Å²) in [6.07, 6.45) is 9.08. The maximum atomic E-state index is 13.0. The molecular formula is C25H40N6O3. The minimum atomic E-state index is -0.762. The van der Waals surface area contributed by atoms with Crippen LogP contribution in [0.25, 0.3) is 0 Å². The number of benzene rings is 1. The quantitative estimate of drug-likeness (QED) is 0.242. The molecule has 34 heavy (non-hydrogen) atoms. The molecule has 2 fully saturated rings. The lowest BCUT2D eigenvalue weighted by Crippen LogP contribution is -2.52. The maximum absolute atomic E-state index is 13.0. The topological polar surface area (TPSA) is 158 Å². The van der Waals surface area contributed by atoms with Gasteiger partial charge in [-0.05, 0) is 49.3 Å². The molecule has 3 atom stereocenters. The highest BCUT2D eigenvalue weighted by atomic mass is 16.5. The average molecular weight is 473 g/mol. The van der Waals surface area contributed by atoms with Crippen LogP contribution in [0, 0.1) is 11.8 Å². The van der Waals surface area contributed by atoms with Crippen molar-refractivity contribution in [3.63, 3.8) is 0 Å². The van der Waals surface area contributed by atoms with E-state index < -0.39 is 12.1 Å². The van der Waals surface area contributed by atoms with Crippen LogP contribution >= 0.6 is 0 Å². The number of hydrogen-bond donors (Lipinski definition) is 5. The van der Waals surface area contributed by atoms with Gasteiger partial charge < -0.3 is 32.6 Å². The highest BCUT2D eigenvalue weighted by molar-refractivity contribution is 5.89. The van der Waals surface area contributed by atoms with Gasteiger partial charge in [0, 0.05) is 19.1 Å². The molecule has 1 aromatic rings. The van der Waals surface area contributed by atoms with Gasteiger partial charge in [0.05, 0.1) is 18.3 Å². The highest BCUT2D eigenvalue weighted by Gasteiger charge is 2.26.